The van der Waals surface area contributed by atoms with Crippen LogP contribution in [0.25, 0.3) is 0 Å². The molecule has 0 heterocycles. The Morgan fingerprint density at radius 3 is 2.14 bits per heavy atom. The first-order valence-corrected chi connectivity index (χ1v) is 5.98. The number of hydrogen-bond acceptors (Lipinski definition) is 0. The van der Waals surface area contributed by atoms with Crippen LogP contribution in [-0.2, 0) is 0 Å². The monoisotopic (exact) mass is 194 g/mol. The van der Waals surface area contributed by atoms with Gasteiger partial charge in [-0.1, -0.05) is 33.8 Å². The molecule has 0 aromatic rings. The van der Waals surface area contributed by atoms with Gasteiger partial charge in [-0.05, 0) is 48.9 Å². The van der Waals surface area contributed by atoms with E-state index in [-0.39, 0.29) is 0 Å². The van der Waals surface area contributed by atoms with Crippen LogP contribution in [0.5, 0.6) is 0 Å². The average Bonchev–Trinajstić information content (AvgIpc) is 2.03. The molecule has 1 saturated carbocycles. The minimum atomic E-state index is 0.509. The van der Waals surface area contributed by atoms with Crippen LogP contribution in [0, 0.1) is 16.7 Å². The molecule has 0 bridgehead atoms. The van der Waals surface area contributed by atoms with Gasteiger partial charge in [0.1, 0.15) is 0 Å². The number of allylic oxidation sites excluding steroid dienone is 1. The lowest BCUT2D eigenvalue weighted by Gasteiger charge is -2.42. The Kier molecular flexibility index (Phi) is 3.44. The van der Waals surface area contributed by atoms with E-state index in [0.29, 0.717) is 10.8 Å². The van der Waals surface area contributed by atoms with E-state index in [0.717, 1.165) is 5.92 Å². The highest BCUT2D eigenvalue weighted by Crippen LogP contribution is 2.46. The van der Waals surface area contributed by atoms with E-state index in [9.17, 15) is 0 Å². The highest BCUT2D eigenvalue weighted by Gasteiger charge is 2.34. The van der Waals surface area contributed by atoms with Gasteiger partial charge < -0.3 is 0 Å². The predicted octanol–water partition coefficient (Wildman–Crippen LogP) is 4.81. The van der Waals surface area contributed by atoms with Gasteiger partial charge in [-0.25, -0.2) is 0 Å². The zero-order valence-electron chi connectivity index (χ0n) is 10.4. The smallest absolute Gasteiger partial charge is 0.0291 e. The van der Waals surface area contributed by atoms with Crippen molar-refractivity contribution in [1.29, 1.82) is 0 Å². The molecule has 1 aliphatic carbocycles. The van der Waals surface area contributed by atoms with Crippen molar-refractivity contribution in [3.8, 4) is 0 Å². The molecule has 0 aromatic carbocycles. The van der Waals surface area contributed by atoms with Crippen LogP contribution < -0.4 is 0 Å². The first kappa shape index (κ1) is 11.8. The largest absolute Gasteiger partial charge is 0.103 e. The van der Waals surface area contributed by atoms with Crippen molar-refractivity contribution in [2.45, 2.75) is 59.8 Å². The van der Waals surface area contributed by atoms with Crippen molar-refractivity contribution < 1.29 is 0 Å². The summed E-state index contributed by atoms with van der Waals surface area (Å²) in [6.07, 6.45) is 8.89. The molecule has 0 unspecified atom stereocenters. The molecule has 1 fully saturated rings. The van der Waals surface area contributed by atoms with Crippen molar-refractivity contribution in [2.24, 2.45) is 16.7 Å². The maximum atomic E-state index is 3.87. The molecule has 0 nitrogen and oxygen atoms in total. The summed E-state index contributed by atoms with van der Waals surface area (Å²) in [5.41, 5.74) is 1.07. The zero-order valence-corrected chi connectivity index (χ0v) is 10.4. The highest BCUT2D eigenvalue weighted by atomic mass is 14.4. The van der Waals surface area contributed by atoms with Gasteiger partial charge in [-0.15, -0.1) is 6.58 Å². The lowest BCUT2D eigenvalue weighted by molar-refractivity contribution is 0.101. The van der Waals surface area contributed by atoms with Crippen LogP contribution in [0.1, 0.15) is 59.8 Å². The lowest BCUT2D eigenvalue weighted by Crippen LogP contribution is -2.30. The molecule has 0 aromatic heterocycles. The van der Waals surface area contributed by atoms with Crippen molar-refractivity contribution in [3.05, 3.63) is 12.7 Å². The summed E-state index contributed by atoms with van der Waals surface area (Å²) in [4.78, 5) is 0. The summed E-state index contributed by atoms with van der Waals surface area (Å²) < 4.78 is 0. The van der Waals surface area contributed by atoms with Crippen molar-refractivity contribution >= 4 is 0 Å². The third-order valence-electron chi connectivity index (χ3n) is 4.05. The van der Waals surface area contributed by atoms with Gasteiger partial charge in [0.2, 0.25) is 0 Å². The van der Waals surface area contributed by atoms with E-state index in [1.807, 2.05) is 0 Å². The Hall–Kier alpha value is -0.260. The molecule has 0 amide bonds. The van der Waals surface area contributed by atoms with Crippen LogP contribution in [0.15, 0.2) is 12.7 Å². The molecular weight excluding hydrogens is 168 g/mol. The van der Waals surface area contributed by atoms with Gasteiger partial charge >= 0.3 is 0 Å². The third kappa shape index (κ3) is 2.87. The Morgan fingerprint density at radius 1 is 1.29 bits per heavy atom. The van der Waals surface area contributed by atoms with E-state index < -0.39 is 0 Å². The maximum Gasteiger partial charge on any atom is -0.0291 e. The summed E-state index contributed by atoms with van der Waals surface area (Å²) in [6.45, 7) is 13.4. The molecule has 82 valence electrons. The summed E-state index contributed by atoms with van der Waals surface area (Å²) in [5.74, 6) is 0.931. The van der Waals surface area contributed by atoms with Gasteiger partial charge in [0, 0.05) is 0 Å². The highest BCUT2D eigenvalue weighted by molar-refractivity contribution is 4.90. The quantitative estimate of drug-likeness (QED) is 0.554. The lowest BCUT2D eigenvalue weighted by atomic mass is 9.64. The topological polar surface area (TPSA) is 0 Å². The summed E-state index contributed by atoms with van der Waals surface area (Å²) in [5, 5.41) is 0. The van der Waals surface area contributed by atoms with Gasteiger partial charge in [0.25, 0.3) is 0 Å². The normalized spacial score (nSPS) is 34.1. The molecular formula is C14H26. The molecule has 0 aliphatic heterocycles. The molecule has 1 aliphatic rings. The maximum absolute atomic E-state index is 3.87. The zero-order chi connectivity index (χ0) is 10.8. The van der Waals surface area contributed by atoms with Gasteiger partial charge in [0.15, 0.2) is 0 Å². The minimum Gasteiger partial charge on any atom is -0.103 e. The van der Waals surface area contributed by atoms with Gasteiger partial charge in [-0.2, -0.15) is 0 Å². The van der Waals surface area contributed by atoms with Crippen LogP contribution in [-0.4, -0.2) is 0 Å². The van der Waals surface area contributed by atoms with Crippen molar-refractivity contribution in [1.82, 2.24) is 0 Å². The Bertz CT molecular complexity index is 187. The van der Waals surface area contributed by atoms with Crippen molar-refractivity contribution in [3.63, 3.8) is 0 Å². The fourth-order valence-electron chi connectivity index (χ4n) is 2.73. The van der Waals surface area contributed by atoms with E-state index in [4.69, 9.17) is 0 Å². The molecule has 0 saturated heterocycles. The Morgan fingerprint density at radius 2 is 1.79 bits per heavy atom. The molecule has 14 heavy (non-hydrogen) atoms. The summed E-state index contributed by atoms with van der Waals surface area (Å²) in [6, 6.07) is 0. The predicted molar refractivity (Wildman–Crippen MR) is 64.3 cm³/mol. The molecule has 0 radical (unpaired) electrons. The summed E-state index contributed by atoms with van der Waals surface area (Å²) in [7, 11) is 0. The molecule has 1 rings (SSSR count). The van der Waals surface area contributed by atoms with Crippen LogP contribution in [0.4, 0.5) is 0 Å². The number of hydrogen-bond donors (Lipinski definition) is 0. The third-order valence-corrected chi connectivity index (χ3v) is 4.05. The van der Waals surface area contributed by atoms with Crippen LogP contribution in [0.2, 0.25) is 0 Å². The van der Waals surface area contributed by atoms with E-state index in [1.54, 1.807) is 0 Å². The fraction of sp³-hybridized carbons (Fsp3) is 0.857. The minimum absolute atomic E-state index is 0.509. The second kappa shape index (κ2) is 4.08. The first-order valence-electron chi connectivity index (χ1n) is 5.98. The van der Waals surface area contributed by atoms with Crippen LogP contribution in [0.3, 0.4) is 0 Å². The standard InChI is InChI=1S/C14H26/c1-6-9-14(5)10-7-12(8-11-14)13(2,3)4/h6,12H,1,7-11H2,2-5H3. The second-order valence-corrected chi connectivity index (χ2v) is 6.44. The molecule has 0 atom stereocenters. The van der Waals surface area contributed by atoms with Crippen molar-refractivity contribution in [2.75, 3.05) is 0 Å². The Labute approximate surface area is 89.8 Å². The van der Waals surface area contributed by atoms with Gasteiger partial charge in [-0.3, -0.25) is 0 Å². The Balaban J connectivity index is 2.49. The van der Waals surface area contributed by atoms with E-state index in [1.165, 1.54) is 32.1 Å². The molecule has 0 N–H and O–H groups in total. The average molecular weight is 194 g/mol. The van der Waals surface area contributed by atoms with Crippen LogP contribution >= 0.6 is 0 Å². The van der Waals surface area contributed by atoms with E-state index in [2.05, 4.69) is 40.3 Å². The summed E-state index contributed by atoms with van der Waals surface area (Å²) >= 11 is 0. The van der Waals surface area contributed by atoms with E-state index >= 15 is 0 Å². The molecule has 0 spiro atoms. The number of rotatable bonds is 2. The fourth-order valence-corrected chi connectivity index (χ4v) is 2.73. The molecule has 0 heteroatoms. The SMILES string of the molecule is C=CCC1(C)CCC(C(C)(C)C)CC1. The second-order valence-electron chi connectivity index (χ2n) is 6.44. The first-order chi connectivity index (χ1) is 6.37. The van der Waals surface area contributed by atoms with Gasteiger partial charge in [0.05, 0.1) is 0 Å².